The summed E-state index contributed by atoms with van der Waals surface area (Å²) in [6.07, 6.45) is 0.771. The molecular formula is C11H21N3O4. The summed E-state index contributed by atoms with van der Waals surface area (Å²) < 4.78 is 4.83. The van der Waals surface area contributed by atoms with Gasteiger partial charge in [-0.2, -0.15) is 0 Å². The average molecular weight is 259 g/mol. The molecule has 0 fully saturated rings. The van der Waals surface area contributed by atoms with Crippen molar-refractivity contribution in [3.63, 3.8) is 0 Å². The third-order valence-corrected chi connectivity index (χ3v) is 2.32. The molecule has 0 radical (unpaired) electrons. The van der Waals surface area contributed by atoms with E-state index in [-0.39, 0.29) is 6.54 Å². The van der Waals surface area contributed by atoms with Gasteiger partial charge in [-0.05, 0) is 26.8 Å². The maximum atomic E-state index is 11.6. The van der Waals surface area contributed by atoms with Gasteiger partial charge in [0.05, 0.1) is 19.2 Å². The predicted molar refractivity (Wildman–Crippen MR) is 65.7 cm³/mol. The summed E-state index contributed by atoms with van der Waals surface area (Å²) in [5.74, 6) is -0.926. The van der Waals surface area contributed by atoms with Crippen molar-refractivity contribution in [1.29, 1.82) is 0 Å². The molecule has 104 valence electrons. The van der Waals surface area contributed by atoms with Crippen LogP contribution in [0.15, 0.2) is 0 Å². The molecule has 0 saturated heterocycles. The number of hydrogen-bond donors (Lipinski definition) is 2. The van der Waals surface area contributed by atoms with Crippen LogP contribution in [-0.2, 0) is 14.3 Å². The lowest BCUT2D eigenvalue weighted by Gasteiger charge is -2.26. The van der Waals surface area contributed by atoms with E-state index in [2.05, 4.69) is 0 Å². The molecule has 3 amide bonds. The first kappa shape index (κ1) is 16.4. The number of esters is 1. The van der Waals surface area contributed by atoms with Crippen molar-refractivity contribution in [3.05, 3.63) is 0 Å². The number of nitrogens with one attached hydrogen (secondary N) is 1. The van der Waals surface area contributed by atoms with Crippen LogP contribution in [0.1, 0.15) is 27.2 Å². The number of hydrogen-bond acceptors (Lipinski definition) is 5. The molecular weight excluding hydrogens is 238 g/mol. The minimum atomic E-state index is -0.903. The Labute approximate surface area is 107 Å². The summed E-state index contributed by atoms with van der Waals surface area (Å²) in [6.45, 7) is 6.09. The van der Waals surface area contributed by atoms with Crippen LogP contribution in [0.4, 0.5) is 4.79 Å². The van der Waals surface area contributed by atoms with Crippen LogP contribution < -0.4 is 11.1 Å². The van der Waals surface area contributed by atoms with Gasteiger partial charge >= 0.3 is 12.0 Å². The van der Waals surface area contributed by atoms with Crippen molar-refractivity contribution in [3.8, 4) is 0 Å². The standard InChI is InChI=1S/C11H21N3O4/c1-4-6-14(7-9(15)18-5-2)8(3)10(16)13-11(12)17/h8H,4-7H2,1-3H3,(H3,12,13,16,17). The first-order valence-electron chi connectivity index (χ1n) is 5.92. The molecule has 0 aromatic rings. The van der Waals surface area contributed by atoms with Gasteiger partial charge in [-0.1, -0.05) is 6.92 Å². The summed E-state index contributed by atoms with van der Waals surface area (Å²) in [4.78, 5) is 35.2. The van der Waals surface area contributed by atoms with Crippen LogP contribution in [0.3, 0.4) is 0 Å². The Balaban J connectivity index is 4.51. The van der Waals surface area contributed by atoms with Crippen LogP contribution in [0.5, 0.6) is 0 Å². The van der Waals surface area contributed by atoms with E-state index in [1.54, 1.807) is 18.7 Å². The van der Waals surface area contributed by atoms with Gasteiger partial charge in [0.2, 0.25) is 5.91 Å². The highest BCUT2D eigenvalue weighted by molar-refractivity contribution is 5.96. The zero-order valence-electron chi connectivity index (χ0n) is 11.1. The number of carbonyl (C=O) groups is 3. The molecule has 0 bridgehead atoms. The molecule has 1 atom stereocenters. The van der Waals surface area contributed by atoms with E-state index in [9.17, 15) is 14.4 Å². The van der Waals surface area contributed by atoms with Crippen molar-refractivity contribution >= 4 is 17.9 Å². The van der Waals surface area contributed by atoms with Gasteiger partial charge in [0.25, 0.3) is 0 Å². The van der Waals surface area contributed by atoms with E-state index in [0.717, 1.165) is 6.42 Å². The number of imide groups is 1. The second-order valence-corrected chi connectivity index (χ2v) is 3.80. The maximum absolute atomic E-state index is 11.6. The zero-order chi connectivity index (χ0) is 14.1. The summed E-state index contributed by atoms with van der Waals surface area (Å²) in [5, 5.41) is 1.99. The van der Waals surface area contributed by atoms with Crippen molar-refractivity contribution in [2.45, 2.75) is 33.2 Å². The number of nitrogens with two attached hydrogens (primary N) is 1. The number of ether oxygens (including phenoxy) is 1. The Hall–Kier alpha value is -1.63. The Kier molecular flexibility index (Phi) is 7.69. The minimum Gasteiger partial charge on any atom is -0.465 e. The van der Waals surface area contributed by atoms with Crippen molar-refractivity contribution < 1.29 is 19.1 Å². The Morgan fingerprint density at radius 2 is 1.94 bits per heavy atom. The van der Waals surface area contributed by atoms with Gasteiger partial charge in [-0.25, -0.2) is 4.79 Å². The first-order chi connectivity index (χ1) is 8.42. The van der Waals surface area contributed by atoms with Gasteiger partial charge < -0.3 is 10.5 Å². The molecule has 0 aliphatic rings. The summed E-state index contributed by atoms with van der Waals surface area (Å²) in [6, 6.07) is -1.53. The molecule has 0 heterocycles. The molecule has 1 unspecified atom stereocenters. The summed E-state index contributed by atoms with van der Waals surface area (Å²) in [7, 11) is 0. The van der Waals surface area contributed by atoms with Crippen LogP contribution >= 0.6 is 0 Å². The molecule has 7 nitrogen and oxygen atoms in total. The van der Waals surface area contributed by atoms with Crippen LogP contribution in [0.25, 0.3) is 0 Å². The number of carbonyl (C=O) groups excluding carboxylic acids is 3. The molecule has 0 aromatic heterocycles. The Bertz CT molecular complexity index is 307. The number of nitrogens with zero attached hydrogens (tertiary/aromatic N) is 1. The highest BCUT2D eigenvalue weighted by Crippen LogP contribution is 2.01. The molecule has 7 heteroatoms. The van der Waals surface area contributed by atoms with Gasteiger partial charge in [0.1, 0.15) is 0 Å². The molecule has 18 heavy (non-hydrogen) atoms. The molecule has 0 rings (SSSR count). The number of primary amides is 1. The Morgan fingerprint density at radius 3 is 2.39 bits per heavy atom. The smallest absolute Gasteiger partial charge is 0.320 e. The zero-order valence-corrected chi connectivity index (χ0v) is 11.1. The lowest BCUT2D eigenvalue weighted by molar-refractivity contribution is -0.145. The topological polar surface area (TPSA) is 102 Å². The lowest BCUT2D eigenvalue weighted by atomic mass is 10.2. The van der Waals surface area contributed by atoms with E-state index < -0.39 is 23.9 Å². The van der Waals surface area contributed by atoms with Gasteiger partial charge in [0.15, 0.2) is 0 Å². The number of urea groups is 1. The monoisotopic (exact) mass is 259 g/mol. The molecule has 3 N–H and O–H groups in total. The molecule has 0 spiro atoms. The van der Waals surface area contributed by atoms with Crippen LogP contribution in [-0.4, -0.2) is 48.5 Å². The maximum Gasteiger partial charge on any atom is 0.320 e. The Morgan fingerprint density at radius 1 is 1.33 bits per heavy atom. The number of amides is 3. The van der Waals surface area contributed by atoms with Crippen LogP contribution in [0, 0.1) is 0 Å². The predicted octanol–water partition coefficient (Wildman–Crippen LogP) is -0.155. The van der Waals surface area contributed by atoms with E-state index in [1.165, 1.54) is 0 Å². The highest BCUT2D eigenvalue weighted by atomic mass is 16.5. The largest absolute Gasteiger partial charge is 0.465 e. The number of rotatable bonds is 7. The first-order valence-corrected chi connectivity index (χ1v) is 5.92. The SMILES string of the molecule is CCCN(CC(=O)OCC)C(C)C(=O)NC(N)=O. The van der Waals surface area contributed by atoms with Crippen molar-refractivity contribution in [2.75, 3.05) is 19.7 Å². The van der Waals surface area contributed by atoms with Gasteiger partial charge in [-0.15, -0.1) is 0 Å². The van der Waals surface area contributed by atoms with Gasteiger partial charge in [0, 0.05) is 0 Å². The van der Waals surface area contributed by atoms with E-state index in [1.807, 2.05) is 12.2 Å². The third kappa shape index (κ3) is 6.19. The minimum absolute atomic E-state index is 0.00896. The quantitative estimate of drug-likeness (QED) is 0.619. The van der Waals surface area contributed by atoms with Crippen molar-refractivity contribution in [1.82, 2.24) is 10.2 Å². The van der Waals surface area contributed by atoms with Crippen molar-refractivity contribution in [2.24, 2.45) is 5.73 Å². The van der Waals surface area contributed by atoms with Crippen LogP contribution in [0.2, 0.25) is 0 Å². The van der Waals surface area contributed by atoms with E-state index >= 15 is 0 Å². The fourth-order valence-corrected chi connectivity index (χ4v) is 1.46. The van der Waals surface area contributed by atoms with Gasteiger partial charge in [-0.3, -0.25) is 19.8 Å². The second-order valence-electron chi connectivity index (χ2n) is 3.80. The summed E-state index contributed by atoms with van der Waals surface area (Å²) >= 11 is 0. The summed E-state index contributed by atoms with van der Waals surface area (Å²) in [5.41, 5.74) is 4.87. The lowest BCUT2D eigenvalue weighted by Crippen LogP contribution is -2.50. The molecule has 0 saturated carbocycles. The molecule has 0 aliphatic carbocycles. The molecule has 0 aromatic carbocycles. The molecule has 0 aliphatic heterocycles. The highest BCUT2D eigenvalue weighted by Gasteiger charge is 2.23. The fraction of sp³-hybridized carbons (Fsp3) is 0.727. The third-order valence-electron chi connectivity index (χ3n) is 2.32. The van der Waals surface area contributed by atoms with E-state index in [4.69, 9.17) is 10.5 Å². The normalized spacial score (nSPS) is 12.0. The fourth-order valence-electron chi connectivity index (χ4n) is 1.46. The second kappa shape index (κ2) is 8.46. The van der Waals surface area contributed by atoms with E-state index in [0.29, 0.717) is 13.2 Å². The average Bonchev–Trinajstić information content (AvgIpc) is 2.26.